The summed E-state index contributed by atoms with van der Waals surface area (Å²) in [4.78, 5) is 12.5. The number of carbonyl (C=O) groups is 1. The van der Waals surface area contributed by atoms with Crippen LogP contribution in [0.2, 0.25) is 0 Å². The minimum atomic E-state index is -3.60. The molecule has 0 radical (unpaired) electrons. The van der Waals surface area contributed by atoms with Crippen LogP contribution in [-0.2, 0) is 14.8 Å². The number of nitrogens with one attached hydrogen (secondary N) is 1. The number of rotatable bonds is 6. The Hall–Kier alpha value is -1.60. The molecular weight excluding hydrogens is 340 g/mol. The first kappa shape index (κ1) is 18.2. The molecule has 3 rings (SSSR count). The van der Waals surface area contributed by atoms with Crippen molar-refractivity contribution in [3.8, 4) is 5.75 Å². The van der Waals surface area contributed by atoms with E-state index in [4.69, 9.17) is 4.74 Å². The Kier molecular flexibility index (Phi) is 5.34. The summed E-state index contributed by atoms with van der Waals surface area (Å²) in [5, 5.41) is 2.99. The molecule has 0 spiro atoms. The third kappa shape index (κ3) is 4.15. The number of amides is 1. The lowest BCUT2D eigenvalue weighted by molar-refractivity contribution is -0.126. The topological polar surface area (TPSA) is 75.7 Å². The van der Waals surface area contributed by atoms with Gasteiger partial charge in [-0.05, 0) is 63.3 Å². The van der Waals surface area contributed by atoms with Gasteiger partial charge in [0.1, 0.15) is 5.75 Å². The van der Waals surface area contributed by atoms with Crippen LogP contribution in [0.4, 0.5) is 0 Å². The van der Waals surface area contributed by atoms with Crippen LogP contribution in [0.25, 0.3) is 0 Å². The van der Waals surface area contributed by atoms with Gasteiger partial charge < -0.3 is 10.1 Å². The van der Waals surface area contributed by atoms with E-state index < -0.39 is 10.0 Å². The first-order valence-electron chi connectivity index (χ1n) is 8.95. The van der Waals surface area contributed by atoms with Crippen molar-refractivity contribution in [2.45, 2.75) is 50.5 Å². The molecule has 0 unspecified atom stereocenters. The van der Waals surface area contributed by atoms with Crippen LogP contribution in [0.15, 0.2) is 23.1 Å². The zero-order chi connectivity index (χ0) is 18.0. The SMILES string of the molecule is CCOc1ccc(S(=O)(=O)N2CCC[C@@H](C(=O)NC3CC3)C2)cc1C. The smallest absolute Gasteiger partial charge is 0.243 e. The minimum Gasteiger partial charge on any atom is -0.494 e. The summed E-state index contributed by atoms with van der Waals surface area (Å²) in [5.74, 6) is 0.431. The molecule has 1 saturated heterocycles. The Balaban J connectivity index is 1.74. The Morgan fingerprint density at radius 3 is 2.72 bits per heavy atom. The van der Waals surface area contributed by atoms with Crippen LogP contribution in [-0.4, -0.2) is 44.4 Å². The molecule has 1 aromatic carbocycles. The van der Waals surface area contributed by atoms with Crippen molar-refractivity contribution in [3.63, 3.8) is 0 Å². The second-order valence-corrected chi connectivity index (χ2v) is 8.78. The van der Waals surface area contributed by atoms with Gasteiger partial charge in [-0.3, -0.25) is 4.79 Å². The molecule has 7 heteroatoms. The average molecular weight is 366 g/mol. The second kappa shape index (κ2) is 7.33. The van der Waals surface area contributed by atoms with Gasteiger partial charge in [0.05, 0.1) is 17.4 Å². The minimum absolute atomic E-state index is 0.00901. The normalized spacial score (nSPS) is 21.8. The van der Waals surface area contributed by atoms with Gasteiger partial charge in [0.15, 0.2) is 0 Å². The third-order valence-electron chi connectivity index (χ3n) is 4.76. The number of hydrogen-bond acceptors (Lipinski definition) is 4. The van der Waals surface area contributed by atoms with Crippen LogP contribution in [0.5, 0.6) is 5.75 Å². The number of nitrogens with zero attached hydrogens (tertiary/aromatic N) is 1. The van der Waals surface area contributed by atoms with Crippen LogP contribution in [0, 0.1) is 12.8 Å². The van der Waals surface area contributed by atoms with E-state index in [0.717, 1.165) is 24.8 Å². The number of piperidine rings is 1. The summed E-state index contributed by atoms with van der Waals surface area (Å²) < 4.78 is 32.9. The summed E-state index contributed by atoms with van der Waals surface area (Å²) in [7, 11) is -3.60. The number of hydrogen-bond donors (Lipinski definition) is 1. The van der Waals surface area contributed by atoms with Gasteiger partial charge >= 0.3 is 0 Å². The van der Waals surface area contributed by atoms with Crippen molar-refractivity contribution in [2.24, 2.45) is 5.92 Å². The van der Waals surface area contributed by atoms with Crippen LogP contribution < -0.4 is 10.1 Å². The first-order chi connectivity index (χ1) is 11.9. The van der Waals surface area contributed by atoms with Crippen molar-refractivity contribution in [1.82, 2.24) is 9.62 Å². The molecule has 25 heavy (non-hydrogen) atoms. The van der Waals surface area contributed by atoms with Gasteiger partial charge in [0, 0.05) is 19.1 Å². The molecule has 2 fully saturated rings. The highest BCUT2D eigenvalue weighted by Crippen LogP contribution is 2.28. The summed E-state index contributed by atoms with van der Waals surface area (Å²) >= 11 is 0. The van der Waals surface area contributed by atoms with Gasteiger partial charge in [-0.15, -0.1) is 0 Å². The standard InChI is InChI=1S/C18H26N2O4S/c1-3-24-17-9-8-16(11-13(17)2)25(22,23)20-10-4-5-14(12-20)18(21)19-15-6-7-15/h8-9,11,14-15H,3-7,10,12H2,1-2H3,(H,19,21)/t14-/m1/s1. The highest BCUT2D eigenvalue weighted by Gasteiger charge is 2.35. The van der Waals surface area contributed by atoms with E-state index in [-0.39, 0.29) is 23.3 Å². The molecule has 1 atom stereocenters. The number of benzene rings is 1. The fourth-order valence-corrected chi connectivity index (χ4v) is 4.78. The van der Waals surface area contributed by atoms with Crippen LogP contribution >= 0.6 is 0 Å². The Morgan fingerprint density at radius 2 is 2.08 bits per heavy atom. The van der Waals surface area contributed by atoms with Gasteiger partial charge in [-0.1, -0.05) is 0 Å². The highest BCUT2D eigenvalue weighted by molar-refractivity contribution is 7.89. The quantitative estimate of drug-likeness (QED) is 0.836. The van der Waals surface area contributed by atoms with Gasteiger partial charge in [0.2, 0.25) is 15.9 Å². The van der Waals surface area contributed by atoms with Crippen LogP contribution in [0.3, 0.4) is 0 Å². The van der Waals surface area contributed by atoms with Crippen molar-refractivity contribution in [1.29, 1.82) is 0 Å². The Bertz CT molecular complexity index is 743. The van der Waals surface area contributed by atoms with Crippen molar-refractivity contribution in [3.05, 3.63) is 23.8 Å². The van der Waals surface area contributed by atoms with Gasteiger partial charge in [0.25, 0.3) is 0 Å². The maximum absolute atomic E-state index is 13.0. The molecule has 138 valence electrons. The Morgan fingerprint density at radius 1 is 1.32 bits per heavy atom. The van der Waals surface area contributed by atoms with Crippen molar-refractivity contribution in [2.75, 3.05) is 19.7 Å². The van der Waals surface area contributed by atoms with E-state index in [9.17, 15) is 13.2 Å². The molecule has 1 aliphatic heterocycles. The lowest BCUT2D eigenvalue weighted by atomic mass is 9.99. The molecule has 1 aliphatic carbocycles. The van der Waals surface area contributed by atoms with E-state index in [2.05, 4.69) is 5.32 Å². The van der Waals surface area contributed by atoms with E-state index in [1.54, 1.807) is 18.2 Å². The Labute approximate surface area is 149 Å². The molecule has 1 aromatic rings. The molecule has 0 aromatic heterocycles. The molecule has 1 heterocycles. The lowest BCUT2D eigenvalue weighted by Crippen LogP contribution is -2.45. The number of sulfonamides is 1. The molecule has 1 N–H and O–H groups in total. The van der Waals surface area contributed by atoms with Crippen molar-refractivity contribution < 1.29 is 17.9 Å². The predicted octanol–water partition coefficient (Wildman–Crippen LogP) is 2.07. The van der Waals surface area contributed by atoms with Crippen LogP contribution in [0.1, 0.15) is 38.2 Å². The van der Waals surface area contributed by atoms with E-state index in [1.165, 1.54) is 4.31 Å². The average Bonchev–Trinajstić information content (AvgIpc) is 3.41. The molecule has 2 aliphatic rings. The largest absolute Gasteiger partial charge is 0.494 e. The van der Waals surface area contributed by atoms with Gasteiger partial charge in [-0.2, -0.15) is 4.31 Å². The predicted molar refractivity (Wildman–Crippen MR) is 95.0 cm³/mol. The lowest BCUT2D eigenvalue weighted by Gasteiger charge is -2.31. The fourth-order valence-electron chi connectivity index (χ4n) is 3.17. The molecule has 1 saturated carbocycles. The number of aryl methyl sites for hydroxylation is 1. The molecule has 6 nitrogen and oxygen atoms in total. The summed E-state index contributed by atoms with van der Waals surface area (Å²) in [6.07, 6.45) is 3.52. The van der Waals surface area contributed by atoms with E-state index >= 15 is 0 Å². The monoisotopic (exact) mass is 366 g/mol. The molecule has 0 bridgehead atoms. The maximum atomic E-state index is 13.0. The number of ether oxygens (including phenoxy) is 1. The zero-order valence-electron chi connectivity index (χ0n) is 14.8. The third-order valence-corrected chi connectivity index (χ3v) is 6.62. The number of carbonyl (C=O) groups excluding carboxylic acids is 1. The van der Waals surface area contributed by atoms with E-state index in [1.807, 2.05) is 13.8 Å². The van der Waals surface area contributed by atoms with Crippen molar-refractivity contribution >= 4 is 15.9 Å². The fraction of sp³-hybridized carbons (Fsp3) is 0.611. The highest BCUT2D eigenvalue weighted by atomic mass is 32.2. The summed E-state index contributed by atoms with van der Waals surface area (Å²) in [5.41, 5.74) is 0.794. The zero-order valence-corrected chi connectivity index (χ0v) is 15.6. The van der Waals surface area contributed by atoms with Gasteiger partial charge in [-0.25, -0.2) is 8.42 Å². The molecular formula is C18H26N2O4S. The summed E-state index contributed by atoms with van der Waals surface area (Å²) in [6.45, 7) is 4.99. The van der Waals surface area contributed by atoms with E-state index in [0.29, 0.717) is 31.4 Å². The second-order valence-electron chi connectivity index (χ2n) is 6.85. The molecule has 1 amide bonds. The first-order valence-corrected chi connectivity index (χ1v) is 10.4. The summed E-state index contributed by atoms with van der Waals surface area (Å²) in [6, 6.07) is 5.23. The maximum Gasteiger partial charge on any atom is 0.243 e.